The van der Waals surface area contributed by atoms with Crippen LogP contribution in [0.4, 0.5) is 0 Å². The summed E-state index contributed by atoms with van der Waals surface area (Å²) in [4.78, 5) is 0. The van der Waals surface area contributed by atoms with E-state index >= 15 is 0 Å². The maximum absolute atomic E-state index is 3.53. The van der Waals surface area contributed by atoms with Crippen LogP contribution in [0.15, 0.2) is 22.7 Å². The summed E-state index contributed by atoms with van der Waals surface area (Å²) in [7, 11) is 0. The molecule has 1 aromatic rings. The summed E-state index contributed by atoms with van der Waals surface area (Å²) in [6.45, 7) is 4.71. The monoisotopic (exact) mass is 238 g/mol. The molecule has 1 aromatic carbocycles. The summed E-state index contributed by atoms with van der Waals surface area (Å²) in [6.07, 6.45) is 2.50. The normalized spacial score (nSPS) is 27.0. The Kier molecular flexibility index (Phi) is 2.46. The molecule has 0 fully saturated rings. The number of benzene rings is 1. The van der Waals surface area contributed by atoms with Gasteiger partial charge in [-0.1, -0.05) is 35.8 Å². The molecule has 1 aliphatic carbocycles. The SMILES string of the molecule is CC1Cc2ccc(Br)cc2CC1C. The average molecular weight is 239 g/mol. The smallest absolute Gasteiger partial charge is 0.0178 e. The second-order valence-corrected chi connectivity index (χ2v) is 5.19. The third-order valence-electron chi connectivity index (χ3n) is 3.22. The molecule has 2 rings (SSSR count). The summed E-state index contributed by atoms with van der Waals surface area (Å²) in [5.74, 6) is 1.68. The molecule has 0 aliphatic heterocycles. The minimum absolute atomic E-state index is 0.835. The lowest BCUT2D eigenvalue weighted by Crippen LogP contribution is -2.20. The zero-order valence-corrected chi connectivity index (χ0v) is 9.76. The molecule has 1 heteroatoms. The van der Waals surface area contributed by atoms with Crippen LogP contribution in [0, 0.1) is 11.8 Å². The standard InChI is InChI=1S/C12H15Br/c1-8-5-10-3-4-12(13)7-11(10)6-9(8)2/h3-4,7-9H,5-6H2,1-2H3. The molecule has 0 nitrogen and oxygen atoms in total. The van der Waals surface area contributed by atoms with Crippen molar-refractivity contribution in [2.75, 3.05) is 0 Å². The molecule has 0 heterocycles. The minimum Gasteiger partial charge on any atom is -0.0619 e. The van der Waals surface area contributed by atoms with Crippen molar-refractivity contribution in [2.24, 2.45) is 11.8 Å². The van der Waals surface area contributed by atoms with Crippen molar-refractivity contribution in [2.45, 2.75) is 26.7 Å². The molecular formula is C12H15Br. The Morgan fingerprint density at radius 3 is 2.38 bits per heavy atom. The Balaban J connectivity index is 2.37. The van der Waals surface area contributed by atoms with Gasteiger partial charge in [-0.05, 0) is 47.9 Å². The second kappa shape index (κ2) is 3.45. The van der Waals surface area contributed by atoms with E-state index in [-0.39, 0.29) is 0 Å². The van der Waals surface area contributed by atoms with E-state index in [1.807, 2.05) is 0 Å². The van der Waals surface area contributed by atoms with E-state index in [1.54, 1.807) is 11.1 Å². The highest BCUT2D eigenvalue weighted by Gasteiger charge is 2.21. The van der Waals surface area contributed by atoms with Gasteiger partial charge in [-0.15, -0.1) is 0 Å². The fourth-order valence-electron chi connectivity index (χ4n) is 2.08. The molecule has 0 radical (unpaired) electrons. The highest BCUT2D eigenvalue weighted by atomic mass is 79.9. The van der Waals surface area contributed by atoms with Crippen LogP contribution in [0.25, 0.3) is 0 Å². The number of halogens is 1. The molecule has 0 N–H and O–H groups in total. The number of hydrogen-bond donors (Lipinski definition) is 0. The summed E-state index contributed by atoms with van der Waals surface area (Å²) >= 11 is 3.53. The Hall–Kier alpha value is -0.300. The van der Waals surface area contributed by atoms with Crippen molar-refractivity contribution < 1.29 is 0 Å². The molecule has 13 heavy (non-hydrogen) atoms. The van der Waals surface area contributed by atoms with Crippen LogP contribution in [-0.2, 0) is 12.8 Å². The summed E-state index contributed by atoms with van der Waals surface area (Å²) in [5, 5.41) is 0. The first-order valence-electron chi connectivity index (χ1n) is 4.94. The largest absolute Gasteiger partial charge is 0.0619 e. The molecule has 0 spiro atoms. The zero-order chi connectivity index (χ0) is 9.42. The van der Waals surface area contributed by atoms with Crippen molar-refractivity contribution >= 4 is 15.9 Å². The molecule has 2 unspecified atom stereocenters. The van der Waals surface area contributed by atoms with E-state index in [0.717, 1.165) is 11.8 Å². The van der Waals surface area contributed by atoms with Crippen molar-refractivity contribution in [3.05, 3.63) is 33.8 Å². The lowest BCUT2D eigenvalue weighted by molar-refractivity contribution is 0.361. The van der Waals surface area contributed by atoms with Crippen LogP contribution < -0.4 is 0 Å². The maximum atomic E-state index is 3.53. The summed E-state index contributed by atoms with van der Waals surface area (Å²) < 4.78 is 1.22. The van der Waals surface area contributed by atoms with Gasteiger partial charge in [0.25, 0.3) is 0 Å². The summed E-state index contributed by atoms with van der Waals surface area (Å²) in [6, 6.07) is 6.70. The third-order valence-corrected chi connectivity index (χ3v) is 3.72. The molecule has 0 saturated heterocycles. The Labute approximate surface area is 88.5 Å². The molecule has 1 aliphatic rings. The highest BCUT2D eigenvalue weighted by molar-refractivity contribution is 9.10. The van der Waals surface area contributed by atoms with Crippen molar-refractivity contribution in [3.8, 4) is 0 Å². The number of hydrogen-bond acceptors (Lipinski definition) is 0. The van der Waals surface area contributed by atoms with Crippen molar-refractivity contribution in [1.82, 2.24) is 0 Å². The Bertz CT molecular complexity index is 317. The van der Waals surface area contributed by atoms with Gasteiger partial charge in [-0.25, -0.2) is 0 Å². The van der Waals surface area contributed by atoms with Gasteiger partial charge >= 0.3 is 0 Å². The molecule has 0 aromatic heterocycles. The van der Waals surface area contributed by atoms with Gasteiger partial charge in [-0.3, -0.25) is 0 Å². The third kappa shape index (κ3) is 1.80. The zero-order valence-electron chi connectivity index (χ0n) is 8.18. The summed E-state index contributed by atoms with van der Waals surface area (Å²) in [5.41, 5.74) is 3.09. The molecule has 0 saturated carbocycles. The van der Waals surface area contributed by atoms with Crippen LogP contribution in [0.3, 0.4) is 0 Å². The van der Waals surface area contributed by atoms with E-state index in [2.05, 4.69) is 48.0 Å². The van der Waals surface area contributed by atoms with Crippen molar-refractivity contribution in [1.29, 1.82) is 0 Å². The molecule has 0 amide bonds. The van der Waals surface area contributed by atoms with Gasteiger partial charge in [0.05, 0.1) is 0 Å². The van der Waals surface area contributed by atoms with E-state index in [1.165, 1.54) is 17.3 Å². The van der Waals surface area contributed by atoms with Gasteiger partial charge in [0.2, 0.25) is 0 Å². The first-order chi connectivity index (χ1) is 6.16. The van der Waals surface area contributed by atoms with Gasteiger partial charge in [0.1, 0.15) is 0 Å². The predicted octanol–water partition coefficient (Wildman–Crippen LogP) is 3.82. The molecular weight excluding hydrogens is 224 g/mol. The quantitative estimate of drug-likeness (QED) is 0.645. The van der Waals surface area contributed by atoms with Crippen LogP contribution in [-0.4, -0.2) is 0 Å². The van der Waals surface area contributed by atoms with E-state index in [4.69, 9.17) is 0 Å². The first kappa shape index (κ1) is 9.26. The lowest BCUT2D eigenvalue weighted by Gasteiger charge is -2.28. The topological polar surface area (TPSA) is 0 Å². The van der Waals surface area contributed by atoms with E-state index in [0.29, 0.717) is 0 Å². The van der Waals surface area contributed by atoms with Crippen LogP contribution >= 0.6 is 15.9 Å². The van der Waals surface area contributed by atoms with Crippen LogP contribution in [0.5, 0.6) is 0 Å². The maximum Gasteiger partial charge on any atom is 0.0178 e. The molecule has 70 valence electrons. The van der Waals surface area contributed by atoms with Gasteiger partial charge in [0, 0.05) is 4.47 Å². The molecule has 0 bridgehead atoms. The molecule has 2 atom stereocenters. The van der Waals surface area contributed by atoms with Crippen LogP contribution in [0.1, 0.15) is 25.0 Å². The average Bonchev–Trinajstić information content (AvgIpc) is 2.08. The van der Waals surface area contributed by atoms with Crippen molar-refractivity contribution in [3.63, 3.8) is 0 Å². The highest BCUT2D eigenvalue weighted by Crippen LogP contribution is 2.31. The fourth-order valence-corrected chi connectivity index (χ4v) is 2.49. The number of rotatable bonds is 0. The Morgan fingerprint density at radius 2 is 1.69 bits per heavy atom. The minimum atomic E-state index is 0.835. The lowest BCUT2D eigenvalue weighted by atomic mass is 9.78. The van der Waals surface area contributed by atoms with Gasteiger partial charge < -0.3 is 0 Å². The van der Waals surface area contributed by atoms with Gasteiger partial charge in [-0.2, -0.15) is 0 Å². The number of fused-ring (bicyclic) bond motifs is 1. The predicted molar refractivity (Wildman–Crippen MR) is 59.9 cm³/mol. The van der Waals surface area contributed by atoms with E-state index in [9.17, 15) is 0 Å². The van der Waals surface area contributed by atoms with Gasteiger partial charge in [0.15, 0.2) is 0 Å². The first-order valence-corrected chi connectivity index (χ1v) is 5.73. The second-order valence-electron chi connectivity index (χ2n) is 4.28. The van der Waals surface area contributed by atoms with E-state index < -0.39 is 0 Å². The van der Waals surface area contributed by atoms with Crippen LogP contribution in [0.2, 0.25) is 0 Å². The Morgan fingerprint density at radius 1 is 1.08 bits per heavy atom. The fraction of sp³-hybridized carbons (Fsp3) is 0.500.